The SMILES string of the molecule is CCNCc1ccc(COc2cnn(C(C)C)c2)cc1. The average molecular weight is 273 g/mol. The van der Waals surface area contributed by atoms with Crippen molar-refractivity contribution >= 4 is 0 Å². The Balaban J connectivity index is 1.86. The number of aromatic nitrogens is 2. The standard InChI is InChI=1S/C16H23N3O/c1-4-17-9-14-5-7-15(8-6-14)12-20-16-10-18-19(11-16)13(2)3/h5-8,10-11,13,17H,4,9,12H2,1-3H3. The first-order valence-corrected chi connectivity index (χ1v) is 7.14. The summed E-state index contributed by atoms with van der Waals surface area (Å²) in [5, 5.41) is 7.57. The molecule has 0 saturated carbocycles. The van der Waals surface area contributed by atoms with Crippen molar-refractivity contribution in [3.05, 3.63) is 47.8 Å². The summed E-state index contributed by atoms with van der Waals surface area (Å²) in [7, 11) is 0. The molecule has 0 atom stereocenters. The maximum Gasteiger partial charge on any atom is 0.157 e. The number of hydrogen-bond donors (Lipinski definition) is 1. The molecule has 0 saturated heterocycles. The van der Waals surface area contributed by atoms with Crippen LogP contribution < -0.4 is 10.1 Å². The van der Waals surface area contributed by atoms with Crippen molar-refractivity contribution in [1.29, 1.82) is 0 Å². The Labute approximate surface area is 120 Å². The van der Waals surface area contributed by atoms with Crippen LogP contribution in [-0.4, -0.2) is 16.3 Å². The highest BCUT2D eigenvalue weighted by atomic mass is 16.5. The van der Waals surface area contributed by atoms with Gasteiger partial charge in [-0.2, -0.15) is 5.10 Å². The molecule has 0 aliphatic rings. The topological polar surface area (TPSA) is 39.1 Å². The second-order valence-corrected chi connectivity index (χ2v) is 5.14. The van der Waals surface area contributed by atoms with Crippen molar-refractivity contribution in [2.75, 3.05) is 6.54 Å². The Morgan fingerprint density at radius 2 is 1.90 bits per heavy atom. The van der Waals surface area contributed by atoms with Gasteiger partial charge in [-0.15, -0.1) is 0 Å². The maximum absolute atomic E-state index is 5.74. The molecule has 0 aliphatic heterocycles. The van der Waals surface area contributed by atoms with Crippen molar-refractivity contribution in [3.63, 3.8) is 0 Å². The molecule has 0 amide bonds. The summed E-state index contributed by atoms with van der Waals surface area (Å²) in [5.41, 5.74) is 2.46. The third kappa shape index (κ3) is 4.10. The number of nitrogens with zero attached hydrogens (tertiary/aromatic N) is 2. The maximum atomic E-state index is 5.74. The molecule has 1 N–H and O–H groups in total. The predicted molar refractivity (Wildman–Crippen MR) is 80.8 cm³/mol. The molecule has 20 heavy (non-hydrogen) atoms. The Morgan fingerprint density at radius 3 is 2.50 bits per heavy atom. The molecule has 0 radical (unpaired) electrons. The number of hydrogen-bond acceptors (Lipinski definition) is 3. The molecule has 108 valence electrons. The Morgan fingerprint density at radius 1 is 1.20 bits per heavy atom. The van der Waals surface area contributed by atoms with Crippen LogP contribution in [0.15, 0.2) is 36.7 Å². The largest absolute Gasteiger partial charge is 0.486 e. The van der Waals surface area contributed by atoms with Gasteiger partial charge in [-0.25, -0.2) is 0 Å². The van der Waals surface area contributed by atoms with Crippen molar-refractivity contribution in [2.24, 2.45) is 0 Å². The van der Waals surface area contributed by atoms with Gasteiger partial charge < -0.3 is 10.1 Å². The molecule has 2 aromatic rings. The average Bonchev–Trinajstić information content (AvgIpc) is 2.93. The Kier molecular flexibility index (Phi) is 5.18. The van der Waals surface area contributed by atoms with Gasteiger partial charge in [0.25, 0.3) is 0 Å². The summed E-state index contributed by atoms with van der Waals surface area (Å²) in [6, 6.07) is 8.86. The van der Waals surface area contributed by atoms with Crippen LogP contribution in [0.4, 0.5) is 0 Å². The van der Waals surface area contributed by atoms with Crippen LogP contribution in [0.5, 0.6) is 5.75 Å². The third-order valence-corrected chi connectivity index (χ3v) is 3.11. The van der Waals surface area contributed by atoms with Crippen molar-refractivity contribution in [3.8, 4) is 5.75 Å². The van der Waals surface area contributed by atoms with E-state index in [-0.39, 0.29) is 0 Å². The first-order valence-electron chi connectivity index (χ1n) is 7.14. The molecule has 4 nitrogen and oxygen atoms in total. The van der Waals surface area contributed by atoms with E-state index < -0.39 is 0 Å². The van der Waals surface area contributed by atoms with Crippen LogP contribution in [0.1, 0.15) is 37.9 Å². The van der Waals surface area contributed by atoms with Gasteiger partial charge in [0.15, 0.2) is 5.75 Å². The smallest absolute Gasteiger partial charge is 0.157 e. The van der Waals surface area contributed by atoms with Crippen LogP contribution >= 0.6 is 0 Å². The summed E-state index contributed by atoms with van der Waals surface area (Å²) in [5.74, 6) is 0.815. The third-order valence-electron chi connectivity index (χ3n) is 3.11. The minimum atomic E-state index is 0.359. The van der Waals surface area contributed by atoms with E-state index in [0.29, 0.717) is 12.6 Å². The fourth-order valence-corrected chi connectivity index (χ4v) is 1.87. The van der Waals surface area contributed by atoms with E-state index in [1.165, 1.54) is 11.1 Å². The minimum Gasteiger partial charge on any atom is -0.486 e. The first-order chi connectivity index (χ1) is 9.69. The molecule has 1 heterocycles. The summed E-state index contributed by atoms with van der Waals surface area (Å²) >= 11 is 0. The lowest BCUT2D eigenvalue weighted by atomic mass is 10.1. The van der Waals surface area contributed by atoms with Gasteiger partial charge in [-0.1, -0.05) is 31.2 Å². The predicted octanol–water partition coefficient (Wildman–Crippen LogP) is 3.15. The van der Waals surface area contributed by atoms with E-state index in [1.54, 1.807) is 6.20 Å². The molecule has 0 aliphatic carbocycles. The molecule has 1 aromatic carbocycles. The molecule has 0 spiro atoms. The number of nitrogens with one attached hydrogen (secondary N) is 1. The van der Waals surface area contributed by atoms with Gasteiger partial charge in [0.2, 0.25) is 0 Å². The van der Waals surface area contributed by atoms with Gasteiger partial charge in [-0.05, 0) is 31.5 Å². The minimum absolute atomic E-state index is 0.359. The second-order valence-electron chi connectivity index (χ2n) is 5.14. The number of benzene rings is 1. The van der Waals surface area contributed by atoms with E-state index in [0.717, 1.165) is 18.8 Å². The lowest BCUT2D eigenvalue weighted by molar-refractivity contribution is 0.305. The zero-order valence-electron chi connectivity index (χ0n) is 12.5. The van der Waals surface area contributed by atoms with E-state index >= 15 is 0 Å². The van der Waals surface area contributed by atoms with Gasteiger partial charge in [0, 0.05) is 12.6 Å². The molecule has 0 bridgehead atoms. The van der Waals surface area contributed by atoms with E-state index in [2.05, 4.69) is 55.5 Å². The van der Waals surface area contributed by atoms with Gasteiger partial charge >= 0.3 is 0 Å². The van der Waals surface area contributed by atoms with E-state index in [1.807, 2.05) is 10.9 Å². The summed E-state index contributed by atoms with van der Waals surface area (Å²) < 4.78 is 7.64. The Bertz CT molecular complexity index is 517. The quantitative estimate of drug-likeness (QED) is 0.842. The highest BCUT2D eigenvalue weighted by Crippen LogP contribution is 2.14. The molecule has 0 fully saturated rings. The summed E-state index contributed by atoms with van der Waals surface area (Å²) in [6.45, 7) is 8.79. The highest BCUT2D eigenvalue weighted by molar-refractivity contribution is 5.23. The second kappa shape index (κ2) is 7.10. The molecule has 0 unspecified atom stereocenters. The van der Waals surface area contributed by atoms with Gasteiger partial charge in [0.1, 0.15) is 6.61 Å². The number of ether oxygens (including phenoxy) is 1. The molecular formula is C16H23N3O. The van der Waals surface area contributed by atoms with Crippen LogP contribution in [0.2, 0.25) is 0 Å². The number of rotatable bonds is 7. The fraction of sp³-hybridized carbons (Fsp3) is 0.438. The first kappa shape index (κ1) is 14.6. The molecule has 2 rings (SSSR count). The van der Waals surface area contributed by atoms with Crippen LogP contribution in [-0.2, 0) is 13.2 Å². The van der Waals surface area contributed by atoms with Gasteiger partial charge in [0.05, 0.1) is 12.4 Å². The zero-order chi connectivity index (χ0) is 14.4. The van der Waals surface area contributed by atoms with Crippen molar-refractivity contribution in [2.45, 2.75) is 40.0 Å². The van der Waals surface area contributed by atoms with Gasteiger partial charge in [-0.3, -0.25) is 4.68 Å². The molecular weight excluding hydrogens is 250 g/mol. The Hall–Kier alpha value is -1.81. The van der Waals surface area contributed by atoms with Crippen LogP contribution in [0, 0.1) is 0 Å². The fourth-order valence-electron chi connectivity index (χ4n) is 1.87. The zero-order valence-corrected chi connectivity index (χ0v) is 12.5. The van der Waals surface area contributed by atoms with E-state index in [9.17, 15) is 0 Å². The lowest BCUT2D eigenvalue weighted by Gasteiger charge is -2.06. The molecule has 1 aromatic heterocycles. The van der Waals surface area contributed by atoms with Crippen LogP contribution in [0.3, 0.4) is 0 Å². The summed E-state index contributed by atoms with van der Waals surface area (Å²) in [6.07, 6.45) is 3.70. The molecule has 4 heteroatoms. The normalized spacial score (nSPS) is 11.0. The van der Waals surface area contributed by atoms with Crippen molar-refractivity contribution in [1.82, 2.24) is 15.1 Å². The van der Waals surface area contributed by atoms with Crippen molar-refractivity contribution < 1.29 is 4.74 Å². The monoisotopic (exact) mass is 273 g/mol. The van der Waals surface area contributed by atoms with Crippen LogP contribution in [0.25, 0.3) is 0 Å². The summed E-state index contributed by atoms with van der Waals surface area (Å²) in [4.78, 5) is 0. The lowest BCUT2D eigenvalue weighted by Crippen LogP contribution is -2.11. The highest BCUT2D eigenvalue weighted by Gasteiger charge is 2.03. The van der Waals surface area contributed by atoms with E-state index in [4.69, 9.17) is 4.74 Å².